The highest BCUT2D eigenvalue weighted by Gasteiger charge is 2.12. The van der Waals surface area contributed by atoms with Gasteiger partial charge in [-0.3, -0.25) is 4.79 Å². The van der Waals surface area contributed by atoms with Gasteiger partial charge in [0.15, 0.2) is 0 Å². The van der Waals surface area contributed by atoms with E-state index in [1.807, 2.05) is 30.3 Å². The molecule has 0 radical (unpaired) electrons. The van der Waals surface area contributed by atoms with Crippen LogP contribution >= 0.6 is 0 Å². The van der Waals surface area contributed by atoms with Crippen LogP contribution < -0.4 is 5.32 Å². The monoisotopic (exact) mass is 321 g/mol. The number of carbonyl (C=O) groups is 1. The lowest BCUT2D eigenvalue weighted by Crippen LogP contribution is -2.12. The summed E-state index contributed by atoms with van der Waals surface area (Å²) in [6.07, 6.45) is 3.41. The van der Waals surface area contributed by atoms with E-state index >= 15 is 0 Å². The average molecular weight is 321 g/mol. The van der Waals surface area contributed by atoms with E-state index in [9.17, 15) is 4.79 Å². The highest BCUT2D eigenvalue weighted by molar-refractivity contribution is 6.01. The SMILES string of the molecule is CC(C)c1ccc(/C=C/C(=O)Nc2ccc(C(C)(C)C)cc2)cc1. The maximum Gasteiger partial charge on any atom is 0.248 e. The Bertz CT molecular complexity index is 701. The van der Waals surface area contributed by atoms with Gasteiger partial charge in [0.2, 0.25) is 5.91 Å². The number of hydrogen-bond donors (Lipinski definition) is 1. The van der Waals surface area contributed by atoms with E-state index in [0.29, 0.717) is 5.92 Å². The Morgan fingerprint density at radius 3 is 2.04 bits per heavy atom. The highest BCUT2D eigenvalue weighted by atomic mass is 16.1. The first kappa shape index (κ1) is 18.0. The molecular formula is C22H27NO. The van der Waals surface area contributed by atoms with Crippen LogP contribution in [0, 0.1) is 0 Å². The van der Waals surface area contributed by atoms with E-state index in [1.54, 1.807) is 6.08 Å². The summed E-state index contributed by atoms with van der Waals surface area (Å²) >= 11 is 0. The number of carbonyl (C=O) groups excluding carboxylic acids is 1. The van der Waals surface area contributed by atoms with Crippen LogP contribution in [0.3, 0.4) is 0 Å². The summed E-state index contributed by atoms with van der Waals surface area (Å²) < 4.78 is 0. The van der Waals surface area contributed by atoms with Crippen molar-refractivity contribution in [1.29, 1.82) is 0 Å². The van der Waals surface area contributed by atoms with Crippen molar-refractivity contribution in [3.63, 3.8) is 0 Å². The Balaban J connectivity index is 1.97. The predicted octanol–water partition coefficient (Wildman–Crippen LogP) is 5.76. The van der Waals surface area contributed by atoms with Gasteiger partial charge in [-0.1, -0.05) is 71.0 Å². The predicted molar refractivity (Wildman–Crippen MR) is 103 cm³/mol. The maximum atomic E-state index is 12.0. The average Bonchev–Trinajstić information content (AvgIpc) is 2.53. The third-order valence-corrected chi connectivity index (χ3v) is 4.05. The molecule has 1 N–H and O–H groups in total. The third-order valence-electron chi connectivity index (χ3n) is 4.05. The van der Waals surface area contributed by atoms with E-state index < -0.39 is 0 Å². The lowest BCUT2D eigenvalue weighted by Gasteiger charge is -2.19. The molecule has 2 heteroatoms. The fourth-order valence-electron chi connectivity index (χ4n) is 2.40. The van der Waals surface area contributed by atoms with Gasteiger partial charge < -0.3 is 5.32 Å². The molecule has 2 nitrogen and oxygen atoms in total. The lowest BCUT2D eigenvalue weighted by molar-refractivity contribution is -0.111. The zero-order valence-electron chi connectivity index (χ0n) is 15.3. The number of anilines is 1. The number of hydrogen-bond acceptors (Lipinski definition) is 1. The van der Waals surface area contributed by atoms with E-state index in [0.717, 1.165) is 11.3 Å². The van der Waals surface area contributed by atoms with Crippen molar-refractivity contribution < 1.29 is 4.79 Å². The van der Waals surface area contributed by atoms with E-state index in [2.05, 4.69) is 64.2 Å². The molecule has 0 aliphatic heterocycles. The van der Waals surface area contributed by atoms with Crippen LogP contribution in [0.4, 0.5) is 5.69 Å². The largest absolute Gasteiger partial charge is 0.323 e. The number of rotatable bonds is 4. The molecule has 0 unspecified atom stereocenters. The Morgan fingerprint density at radius 2 is 1.54 bits per heavy atom. The molecule has 1 amide bonds. The van der Waals surface area contributed by atoms with Gasteiger partial charge in [-0.25, -0.2) is 0 Å². The fraction of sp³-hybridized carbons (Fsp3) is 0.318. The van der Waals surface area contributed by atoms with Gasteiger partial charge in [0.1, 0.15) is 0 Å². The van der Waals surface area contributed by atoms with Crippen LogP contribution in [-0.2, 0) is 10.2 Å². The minimum atomic E-state index is -0.119. The molecule has 24 heavy (non-hydrogen) atoms. The molecular weight excluding hydrogens is 294 g/mol. The van der Waals surface area contributed by atoms with Gasteiger partial charge in [0.25, 0.3) is 0 Å². The molecule has 0 bridgehead atoms. The second-order valence-corrected chi connectivity index (χ2v) is 7.47. The summed E-state index contributed by atoms with van der Waals surface area (Å²) in [7, 11) is 0. The molecule has 0 aromatic heterocycles. The third kappa shape index (κ3) is 5.09. The van der Waals surface area contributed by atoms with Gasteiger partial charge in [-0.15, -0.1) is 0 Å². The van der Waals surface area contributed by atoms with Crippen molar-refractivity contribution in [2.75, 3.05) is 5.32 Å². The number of nitrogens with one attached hydrogen (secondary N) is 1. The second kappa shape index (κ2) is 7.48. The van der Waals surface area contributed by atoms with Gasteiger partial charge >= 0.3 is 0 Å². The molecule has 2 aromatic carbocycles. The molecule has 0 spiro atoms. The summed E-state index contributed by atoms with van der Waals surface area (Å²) in [4.78, 5) is 12.0. The Kier molecular flexibility index (Phi) is 5.61. The second-order valence-electron chi connectivity index (χ2n) is 7.47. The van der Waals surface area contributed by atoms with Crippen LogP contribution in [-0.4, -0.2) is 5.91 Å². The van der Waals surface area contributed by atoms with E-state index in [4.69, 9.17) is 0 Å². The highest BCUT2D eigenvalue weighted by Crippen LogP contribution is 2.23. The van der Waals surface area contributed by atoms with Gasteiger partial charge in [-0.2, -0.15) is 0 Å². The van der Waals surface area contributed by atoms with Crippen LogP contribution in [0.2, 0.25) is 0 Å². The van der Waals surface area contributed by atoms with Crippen LogP contribution in [0.25, 0.3) is 6.08 Å². The molecule has 126 valence electrons. The molecule has 0 fully saturated rings. The molecule has 0 saturated carbocycles. The van der Waals surface area contributed by atoms with Gasteiger partial charge in [-0.05, 0) is 46.2 Å². The number of amides is 1. The van der Waals surface area contributed by atoms with Crippen molar-refractivity contribution >= 4 is 17.7 Å². The molecule has 0 atom stereocenters. The first-order valence-corrected chi connectivity index (χ1v) is 8.45. The Morgan fingerprint density at radius 1 is 0.958 bits per heavy atom. The quantitative estimate of drug-likeness (QED) is 0.713. The van der Waals surface area contributed by atoms with Gasteiger partial charge in [0, 0.05) is 11.8 Å². The van der Waals surface area contributed by atoms with Crippen molar-refractivity contribution in [3.8, 4) is 0 Å². The first-order chi connectivity index (χ1) is 11.3. The standard InChI is InChI=1S/C22H27NO/c1-16(2)18-9-6-17(7-10-18)8-15-21(24)23-20-13-11-19(12-14-20)22(3,4)5/h6-16H,1-5H3,(H,23,24)/b15-8+. The molecule has 0 aliphatic rings. The first-order valence-electron chi connectivity index (χ1n) is 8.45. The summed E-state index contributed by atoms with van der Waals surface area (Å²) in [6, 6.07) is 16.3. The topological polar surface area (TPSA) is 29.1 Å². The lowest BCUT2D eigenvalue weighted by atomic mass is 9.87. The minimum Gasteiger partial charge on any atom is -0.323 e. The molecule has 0 heterocycles. The maximum absolute atomic E-state index is 12.0. The zero-order valence-corrected chi connectivity index (χ0v) is 15.3. The molecule has 0 aliphatic carbocycles. The van der Waals surface area contributed by atoms with Crippen LogP contribution in [0.1, 0.15) is 57.2 Å². The molecule has 2 rings (SSSR count). The summed E-state index contributed by atoms with van der Waals surface area (Å²) in [5.74, 6) is 0.397. The zero-order chi connectivity index (χ0) is 17.7. The fourth-order valence-corrected chi connectivity index (χ4v) is 2.40. The van der Waals surface area contributed by atoms with Gasteiger partial charge in [0.05, 0.1) is 0 Å². The number of benzene rings is 2. The van der Waals surface area contributed by atoms with Crippen LogP contribution in [0.5, 0.6) is 0 Å². The summed E-state index contributed by atoms with van der Waals surface area (Å²) in [5.41, 5.74) is 4.51. The summed E-state index contributed by atoms with van der Waals surface area (Å²) in [6.45, 7) is 10.9. The Hall–Kier alpha value is -2.35. The Labute approximate surface area is 145 Å². The van der Waals surface area contributed by atoms with Crippen molar-refractivity contribution in [1.82, 2.24) is 0 Å². The van der Waals surface area contributed by atoms with Crippen LogP contribution in [0.15, 0.2) is 54.6 Å². The van der Waals surface area contributed by atoms with Crippen molar-refractivity contribution in [3.05, 3.63) is 71.3 Å². The van der Waals surface area contributed by atoms with E-state index in [-0.39, 0.29) is 11.3 Å². The molecule has 0 saturated heterocycles. The van der Waals surface area contributed by atoms with Crippen molar-refractivity contribution in [2.45, 2.75) is 46.0 Å². The van der Waals surface area contributed by atoms with Crippen molar-refractivity contribution in [2.24, 2.45) is 0 Å². The van der Waals surface area contributed by atoms with E-state index in [1.165, 1.54) is 11.1 Å². The smallest absolute Gasteiger partial charge is 0.248 e. The molecule has 2 aromatic rings. The summed E-state index contributed by atoms with van der Waals surface area (Å²) in [5, 5.41) is 2.89. The minimum absolute atomic E-state index is 0.116. The normalized spacial score (nSPS) is 11.9.